The fourth-order valence-electron chi connectivity index (χ4n) is 3.05. The van der Waals surface area contributed by atoms with Crippen LogP contribution in [0.3, 0.4) is 0 Å². The molecule has 0 aliphatic carbocycles. The summed E-state index contributed by atoms with van der Waals surface area (Å²) >= 11 is 1.87. The van der Waals surface area contributed by atoms with E-state index in [0.717, 1.165) is 18.8 Å². The average Bonchev–Trinajstić information content (AvgIpc) is 2.71. The van der Waals surface area contributed by atoms with E-state index in [1.807, 2.05) is 11.8 Å². The lowest BCUT2D eigenvalue weighted by molar-refractivity contribution is 0.387. The predicted molar refractivity (Wildman–Crippen MR) is 121 cm³/mol. The zero-order valence-electron chi connectivity index (χ0n) is 16.3. The minimum atomic E-state index is 0.229. The number of hydrogen-bond acceptors (Lipinski definition) is 3. The summed E-state index contributed by atoms with van der Waals surface area (Å²) in [6.45, 7) is 7.22. The van der Waals surface area contributed by atoms with Crippen molar-refractivity contribution in [3.05, 3.63) is 102 Å². The zero-order chi connectivity index (χ0) is 19.8. The third-order valence-electron chi connectivity index (χ3n) is 4.63. The number of rotatable bonds is 9. The maximum atomic E-state index is 9.09. The molecule has 0 spiro atoms. The Balaban J connectivity index is 1.53. The molecule has 0 aliphatic rings. The quantitative estimate of drug-likeness (QED) is 0.249. The van der Waals surface area contributed by atoms with Gasteiger partial charge in [0.05, 0.1) is 5.76 Å². The summed E-state index contributed by atoms with van der Waals surface area (Å²) in [4.78, 5) is 1.30. The smallest absolute Gasteiger partial charge is 0.0863 e. The predicted octanol–water partition coefficient (Wildman–Crippen LogP) is 6.51. The molecule has 0 saturated heterocycles. The van der Waals surface area contributed by atoms with Gasteiger partial charge < -0.3 is 10.4 Å². The Kier molecular flexibility index (Phi) is 7.35. The van der Waals surface area contributed by atoms with Gasteiger partial charge in [0.1, 0.15) is 0 Å². The molecule has 3 aromatic carbocycles. The van der Waals surface area contributed by atoms with Gasteiger partial charge in [-0.15, -0.1) is 11.8 Å². The van der Waals surface area contributed by atoms with Crippen molar-refractivity contribution in [2.24, 2.45) is 0 Å². The van der Waals surface area contributed by atoms with E-state index < -0.39 is 0 Å². The number of benzene rings is 3. The molecule has 0 unspecified atom stereocenters. The molecule has 0 aromatic heterocycles. The lowest BCUT2D eigenvalue weighted by Gasteiger charge is -2.09. The van der Waals surface area contributed by atoms with Gasteiger partial charge in [-0.25, -0.2) is 0 Å². The third-order valence-corrected chi connectivity index (χ3v) is 5.70. The van der Waals surface area contributed by atoms with E-state index >= 15 is 0 Å². The van der Waals surface area contributed by atoms with Crippen LogP contribution in [0.5, 0.6) is 0 Å². The van der Waals surface area contributed by atoms with Gasteiger partial charge in [0.25, 0.3) is 0 Å². The summed E-state index contributed by atoms with van der Waals surface area (Å²) in [5.41, 5.74) is 6.45. The number of aliphatic hydroxyl groups is 1. The molecule has 0 saturated carbocycles. The number of thioether (sulfide) groups is 1. The van der Waals surface area contributed by atoms with Crippen LogP contribution in [0.15, 0.2) is 90.0 Å². The molecule has 0 bridgehead atoms. The Morgan fingerprint density at radius 2 is 1.68 bits per heavy atom. The van der Waals surface area contributed by atoms with Crippen LogP contribution in [0.1, 0.15) is 23.1 Å². The molecule has 144 valence electrons. The second-order valence-electron chi connectivity index (χ2n) is 6.94. The van der Waals surface area contributed by atoms with Gasteiger partial charge in [0, 0.05) is 30.2 Å². The summed E-state index contributed by atoms with van der Waals surface area (Å²) < 4.78 is 0. The topological polar surface area (TPSA) is 32.3 Å². The maximum Gasteiger partial charge on any atom is 0.0863 e. The van der Waals surface area contributed by atoms with Crippen molar-refractivity contribution in [3.8, 4) is 11.1 Å². The fourth-order valence-corrected chi connectivity index (χ4v) is 4.00. The van der Waals surface area contributed by atoms with Crippen molar-refractivity contribution in [1.29, 1.82) is 0 Å². The molecule has 0 heterocycles. The van der Waals surface area contributed by atoms with Gasteiger partial charge in [-0.05, 0) is 46.9 Å². The second kappa shape index (κ2) is 10.2. The summed E-state index contributed by atoms with van der Waals surface area (Å²) in [7, 11) is 0. The lowest BCUT2D eigenvalue weighted by Crippen LogP contribution is -2.15. The van der Waals surface area contributed by atoms with Gasteiger partial charge in [-0.3, -0.25) is 0 Å². The first-order chi connectivity index (χ1) is 13.6. The van der Waals surface area contributed by atoms with E-state index in [1.165, 1.54) is 32.7 Å². The second-order valence-corrected chi connectivity index (χ2v) is 7.99. The molecule has 0 radical (unpaired) electrons. The van der Waals surface area contributed by atoms with Crippen LogP contribution in [0, 0.1) is 6.92 Å². The molecule has 0 aliphatic heterocycles. The van der Waals surface area contributed by atoms with E-state index in [1.54, 1.807) is 0 Å². The number of nitrogens with one attached hydrogen (secondary N) is 1. The van der Waals surface area contributed by atoms with Crippen LogP contribution in [-0.2, 0) is 12.3 Å². The fraction of sp³-hybridized carbons (Fsp3) is 0.200. The molecular weight excluding hydrogens is 362 g/mol. The Morgan fingerprint density at radius 1 is 0.964 bits per heavy atom. The first-order valence-corrected chi connectivity index (χ1v) is 10.5. The molecule has 3 rings (SSSR count). The number of aryl methyl sites for hydroxylation is 1. The standard InChI is InChI=1S/C25H27NOS/c1-19-16-24(12-13-25(19)23-6-4-3-5-7-23)28-18-22-10-8-21(9-11-22)17-26-15-14-20(2)27/h3-13,16,26-27H,2,14-15,17-18H2,1H3. The Bertz CT molecular complexity index is 904. The molecule has 2 N–H and O–H groups in total. The van der Waals surface area contributed by atoms with Crippen LogP contribution in [0.2, 0.25) is 0 Å². The molecule has 0 fully saturated rings. The van der Waals surface area contributed by atoms with E-state index in [0.29, 0.717) is 6.42 Å². The van der Waals surface area contributed by atoms with Crippen molar-refractivity contribution < 1.29 is 5.11 Å². The first kappa shape index (κ1) is 20.2. The largest absolute Gasteiger partial charge is 0.513 e. The van der Waals surface area contributed by atoms with E-state index in [-0.39, 0.29) is 5.76 Å². The summed E-state index contributed by atoms with van der Waals surface area (Å²) in [5, 5.41) is 12.4. The highest BCUT2D eigenvalue weighted by Crippen LogP contribution is 2.29. The van der Waals surface area contributed by atoms with Crippen molar-refractivity contribution in [2.45, 2.75) is 30.5 Å². The van der Waals surface area contributed by atoms with Crippen molar-refractivity contribution in [3.63, 3.8) is 0 Å². The first-order valence-electron chi connectivity index (χ1n) is 9.56. The van der Waals surface area contributed by atoms with E-state index in [9.17, 15) is 0 Å². The van der Waals surface area contributed by atoms with Crippen molar-refractivity contribution in [1.82, 2.24) is 5.32 Å². The SMILES string of the molecule is C=C(O)CCNCc1ccc(CSc2ccc(-c3ccccc3)c(C)c2)cc1. The van der Waals surface area contributed by atoms with Crippen LogP contribution < -0.4 is 5.32 Å². The van der Waals surface area contributed by atoms with Gasteiger partial charge in [0.2, 0.25) is 0 Å². The molecule has 0 atom stereocenters. The third kappa shape index (κ3) is 6.01. The number of aliphatic hydroxyl groups excluding tert-OH is 1. The maximum absolute atomic E-state index is 9.09. The van der Waals surface area contributed by atoms with E-state index in [4.69, 9.17) is 5.11 Å². The zero-order valence-corrected chi connectivity index (χ0v) is 17.1. The summed E-state index contributed by atoms with van der Waals surface area (Å²) in [6, 6.07) is 26.0. The van der Waals surface area contributed by atoms with Gasteiger partial charge in [0.15, 0.2) is 0 Å². The summed E-state index contributed by atoms with van der Waals surface area (Å²) in [6.07, 6.45) is 0.594. The Labute approximate surface area is 172 Å². The highest BCUT2D eigenvalue weighted by Gasteiger charge is 2.04. The molecule has 3 aromatic rings. The normalized spacial score (nSPS) is 10.8. The summed E-state index contributed by atoms with van der Waals surface area (Å²) in [5.74, 6) is 1.19. The molecular formula is C25H27NOS. The van der Waals surface area contributed by atoms with E-state index in [2.05, 4.69) is 91.6 Å². The Hall–Kier alpha value is -2.49. The molecule has 28 heavy (non-hydrogen) atoms. The highest BCUT2D eigenvalue weighted by atomic mass is 32.2. The van der Waals surface area contributed by atoms with Crippen molar-refractivity contribution in [2.75, 3.05) is 6.54 Å². The minimum Gasteiger partial charge on any atom is -0.513 e. The monoisotopic (exact) mass is 389 g/mol. The average molecular weight is 390 g/mol. The van der Waals surface area contributed by atoms with Crippen molar-refractivity contribution >= 4 is 11.8 Å². The molecule has 2 nitrogen and oxygen atoms in total. The van der Waals surface area contributed by atoms with Crippen LogP contribution >= 0.6 is 11.8 Å². The Morgan fingerprint density at radius 3 is 2.36 bits per heavy atom. The van der Waals surface area contributed by atoms with Gasteiger partial charge >= 0.3 is 0 Å². The highest BCUT2D eigenvalue weighted by molar-refractivity contribution is 7.98. The van der Waals surface area contributed by atoms with Crippen LogP contribution in [-0.4, -0.2) is 11.7 Å². The van der Waals surface area contributed by atoms with Crippen LogP contribution in [0.4, 0.5) is 0 Å². The lowest BCUT2D eigenvalue weighted by atomic mass is 10.0. The molecule has 3 heteroatoms. The molecule has 0 amide bonds. The van der Waals surface area contributed by atoms with Crippen LogP contribution in [0.25, 0.3) is 11.1 Å². The van der Waals surface area contributed by atoms with Gasteiger partial charge in [-0.1, -0.05) is 67.2 Å². The number of hydrogen-bond donors (Lipinski definition) is 2. The van der Waals surface area contributed by atoms with Gasteiger partial charge in [-0.2, -0.15) is 0 Å². The minimum absolute atomic E-state index is 0.229.